The van der Waals surface area contributed by atoms with Crippen LogP contribution in [0.1, 0.15) is 5.56 Å². The van der Waals surface area contributed by atoms with Crippen molar-refractivity contribution >= 4 is 29.0 Å². The van der Waals surface area contributed by atoms with Crippen LogP contribution in [0.3, 0.4) is 0 Å². The molecule has 1 aromatic carbocycles. The predicted octanol–water partition coefficient (Wildman–Crippen LogP) is 1.87. The van der Waals surface area contributed by atoms with Crippen LogP contribution in [-0.4, -0.2) is 46.2 Å². The first-order chi connectivity index (χ1) is 11.3. The van der Waals surface area contributed by atoms with Crippen molar-refractivity contribution < 1.29 is 0 Å². The summed E-state index contributed by atoms with van der Waals surface area (Å²) in [6.07, 6.45) is 3.50. The van der Waals surface area contributed by atoms with Crippen molar-refractivity contribution in [2.45, 2.75) is 0 Å². The third-order valence-corrected chi connectivity index (χ3v) is 4.05. The van der Waals surface area contributed by atoms with E-state index in [2.05, 4.69) is 31.2 Å². The van der Waals surface area contributed by atoms with Crippen molar-refractivity contribution in [3.8, 4) is 6.07 Å². The zero-order valence-electron chi connectivity index (χ0n) is 12.5. The summed E-state index contributed by atoms with van der Waals surface area (Å²) < 4.78 is 0. The maximum Gasteiger partial charge on any atom is 0.225 e. The zero-order valence-corrected chi connectivity index (χ0v) is 13.3. The van der Waals surface area contributed by atoms with E-state index in [1.807, 2.05) is 24.3 Å². The number of hydrogen-bond acceptors (Lipinski definition) is 5. The molecule has 0 saturated carbocycles. The van der Waals surface area contributed by atoms with Crippen molar-refractivity contribution in [2.75, 3.05) is 36.4 Å². The predicted molar refractivity (Wildman–Crippen MR) is 93.2 cm³/mol. The summed E-state index contributed by atoms with van der Waals surface area (Å²) in [6.45, 7) is 3.20. The monoisotopic (exact) mass is 324 g/mol. The molecule has 23 heavy (non-hydrogen) atoms. The summed E-state index contributed by atoms with van der Waals surface area (Å²) in [5.41, 5.74) is 1.33. The minimum atomic E-state index is 0.589. The van der Waals surface area contributed by atoms with E-state index in [1.54, 1.807) is 18.5 Å². The molecule has 0 amide bonds. The molecule has 2 aromatic rings. The van der Waals surface area contributed by atoms with E-state index in [-0.39, 0.29) is 0 Å². The van der Waals surface area contributed by atoms with Gasteiger partial charge in [-0.2, -0.15) is 5.26 Å². The molecule has 0 aliphatic carbocycles. The summed E-state index contributed by atoms with van der Waals surface area (Å²) >= 11 is 5.47. The van der Waals surface area contributed by atoms with Crippen molar-refractivity contribution in [1.82, 2.24) is 14.9 Å². The lowest BCUT2D eigenvalue weighted by atomic mass is 10.2. The minimum Gasteiger partial charge on any atom is -0.345 e. The lowest BCUT2D eigenvalue weighted by molar-refractivity contribution is 0.388. The lowest BCUT2D eigenvalue weighted by Crippen LogP contribution is -2.50. The number of piperazine rings is 1. The first kappa shape index (κ1) is 15.2. The number of para-hydroxylation sites is 1. The van der Waals surface area contributed by atoms with Gasteiger partial charge in [0.1, 0.15) is 6.07 Å². The van der Waals surface area contributed by atoms with Crippen molar-refractivity contribution in [1.29, 1.82) is 5.26 Å². The lowest BCUT2D eigenvalue weighted by Gasteiger charge is -2.36. The quantitative estimate of drug-likeness (QED) is 0.846. The van der Waals surface area contributed by atoms with Gasteiger partial charge in [0.15, 0.2) is 5.11 Å². The molecule has 1 saturated heterocycles. The normalized spacial score (nSPS) is 14.2. The van der Waals surface area contributed by atoms with Gasteiger partial charge in [0, 0.05) is 38.6 Å². The van der Waals surface area contributed by atoms with Crippen LogP contribution in [0.4, 0.5) is 11.6 Å². The van der Waals surface area contributed by atoms with Crippen LogP contribution in [0.15, 0.2) is 42.7 Å². The van der Waals surface area contributed by atoms with Crippen LogP contribution in [0.5, 0.6) is 0 Å². The summed E-state index contributed by atoms with van der Waals surface area (Å²) in [5.74, 6) is 0.751. The third-order valence-electron chi connectivity index (χ3n) is 3.69. The second-order valence-electron chi connectivity index (χ2n) is 5.11. The second-order valence-corrected chi connectivity index (χ2v) is 5.50. The van der Waals surface area contributed by atoms with Crippen LogP contribution in [0.25, 0.3) is 0 Å². The summed E-state index contributed by atoms with van der Waals surface area (Å²) in [4.78, 5) is 12.8. The Kier molecular flexibility index (Phi) is 4.64. The number of nitrogens with zero attached hydrogens (tertiary/aromatic N) is 5. The zero-order chi connectivity index (χ0) is 16.1. The number of hydrogen-bond donors (Lipinski definition) is 1. The average Bonchev–Trinajstić information content (AvgIpc) is 2.63. The van der Waals surface area contributed by atoms with E-state index < -0.39 is 0 Å². The number of aromatic nitrogens is 2. The molecule has 6 nitrogen and oxygen atoms in total. The van der Waals surface area contributed by atoms with E-state index >= 15 is 0 Å². The molecule has 0 unspecified atom stereocenters. The molecule has 1 fully saturated rings. The maximum atomic E-state index is 9.14. The largest absolute Gasteiger partial charge is 0.345 e. The number of nitrogens with one attached hydrogen (secondary N) is 1. The van der Waals surface area contributed by atoms with Gasteiger partial charge >= 0.3 is 0 Å². The Balaban J connectivity index is 1.59. The topological polar surface area (TPSA) is 68.1 Å². The van der Waals surface area contributed by atoms with Gasteiger partial charge in [-0.1, -0.05) is 12.1 Å². The fraction of sp³-hybridized carbons (Fsp3) is 0.250. The second kappa shape index (κ2) is 7.03. The molecule has 7 heteroatoms. The van der Waals surface area contributed by atoms with Gasteiger partial charge in [-0.05, 0) is 30.4 Å². The Morgan fingerprint density at radius 2 is 1.78 bits per heavy atom. The number of anilines is 2. The Morgan fingerprint density at radius 3 is 2.48 bits per heavy atom. The van der Waals surface area contributed by atoms with E-state index in [0.717, 1.165) is 37.8 Å². The Labute approximate surface area is 140 Å². The van der Waals surface area contributed by atoms with Gasteiger partial charge in [0.25, 0.3) is 0 Å². The van der Waals surface area contributed by atoms with Crippen LogP contribution in [0.2, 0.25) is 0 Å². The van der Waals surface area contributed by atoms with Gasteiger partial charge in [0.2, 0.25) is 5.95 Å². The standard InChI is InChI=1S/C16H16N6S/c17-12-13-4-1-2-5-14(13)20-16(23)22-10-8-21(9-11-22)15-18-6-3-7-19-15/h1-7H,8-11H2,(H,20,23). The maximum absolute atomic E-state index is 9.14. The van der Waals surface area contributed by atoms with Crippen LogP contribution < -0.4 is 10.2 Å². The highest BCUT2D eigenvalue weighted by Gasteiger charge is 2.20. The highest BCUT2D eigenvalue weighted by molar-refractivity contribution is 7.80. The molecule has 1 aliphatic rings. The van der Waals surface area contributed by atoms with Crippen LogP contribution >= 0.6 is 12.2 Å². The Hall–Kier alpha value is -2.72. The van der Waals surface area contributed by atoms with E-state index in [9.17, 15) is 0 Å². The summed E-state index contributed by atoms with van der Waals surface area (Å²) in [7, 11) is 0. The van der Waals surface area contributed by atoms with Gasteiger partial charge in [-0.25, -0.2) is 9.97 Å². The van der Waals surface area contributed by atoms with E-state index in [0.29, 0.717) is 10.7 Å². The van der Waals surface area contributed by atoms with Gasteiger partial charge in [-0.15, -0.1) is 0 Å². The fourth-order valence-electron chi connectivity index (χ4n) is 2.45. The van der Waals surface area contributed by atoms with E-state index in [4.69, 9.17) is 17.5 Å². The van der Waals surface area contributed by atoms with Crippen LogP contribution in [-0.2, 0) is 0 Å². The molecule has 116 valence electrons. The molecule has 1 aromatic heterocycles. The molecule has 0 radical (unpaired) electrons. The molecule has 3 rings (SSSR count). The summed E-state index contributed by atoms with van der Waals surface area (Å²) in [5, 5.41) is 12.9. The first-order valence-electron chi connectivity index (χ1n) is 7.35. The van der Waals surface area contributed by atoms with E-state index in [1.165, 1.54) is 0 Å². The number of nitriles is 1. The molecule has 2 heterocycles. The van der Waals surface area contributed by atoms with Gasteiger partial charge < -0.3 is 15.1 Å². The molecule has 0 spiro atoms. The summed E-state index contributed by atoms with van der Waals surface area (Å²) in [6, 6.07) is 11.3. The molecule has 0 atom stereocenters. The highest BCUT2D eigenvalue weighted by Crippen LogP contribution is 2.16. The molecular weight excluding hydrogens is 308 g/mol. The molecule has 1 aliphatic heterocycles. The van der Waals surface area contributed by atoms with Crippen LogP contribution in [0, 0.1) is 11.3 Å². The number of rotatable bonds is 2. The SMILES string of the molecule is N#Cc1ccccc1NC(=S)N1CCN(c2ncccn2)CC1. The van der Waals surface area contributed by atoms with Gasteiger partial charge in [-0.3, -0.25) is 0 Å². The van der Waals surface area contributed by atoms with Crippen molar-refractivity contribution in [3.05, 3.63) is 48.3 Å². The molecule has 1 N–H and O–H groups in total. The Morgan fingerprint density at radius 1 is 1.09 bits per heavy atom. The smallest absolute Gasteiger partial charge is 0.225 e. The van der Waals surface area contributed by atoms with Crippen molar-refractivity contribution in [3.63, 3.8) is 0 Å². The van der Waals surface area contributed by atoms with Gasteiger partial charge in [0.05, 0.1) is 11.3 Å². The fourth-order valence-corrected chi connectivity index (χ4v) is 2.74. The Bertz CT molecular complexity index is 719. The third kappa shape index (κ3) is 3.55. The van der Waals surface area contributed by atoms with Crippen molar-refractivity contribution in [2.24, 2.45) is 0 Å². The first-order valence-corrected chi connectivity index (χ1v) is 7.76. The average molecular weight is 324 g/mol. The number of thiocarbonyl (C=S) groups is 1. The minimum absolute atomic E-state index is 0.589. The molecular formula is C16H16N6S. The highest BCUT2D eigenvalue weighted by atomic mass is 32.1. The number of benzene rings is 1. The molecule has 0 bridgehead atoms.